The molecule has 0 aliphatic carbocycles. The molecule has 4 rings (SSSR count). The third kappa shape index (κ3) is 19.2. The van der Waals surface area contributed by atoms with Gasteiger partial charge in [0.2, 0.25) is 0 Å². The molecule has 0 aliphatic heterocycles. The Labute approximate surface area is 369 Å². The van der Waals surface area contributed by atoms with Crippen molar-refractivity contribution in [2.45, 2.75) is 209 Å². The van der Waals surface area contributed by atoms with Crippen LogP contribution >= 0.6 is 32.8 Å². The SMILES string of the molecule is CC(C)(C)c1[n-][nH+]c(C(C)(C)C)p1.CC(C)(C)c1[n-][nH+]c(C(C)(C)C)p1.CC(C)(C)c1[n-][nH+]c(C(C)(C)C)p1.CC(C)(C)c1[n-][nH+]c(C(C)(C)C)p1.[Mg+2].[Mg+2]. The van der Waals surface area contributed by atoms with Gasteiger partial charge in [-0.05, 0) is 138 Å². The van der Waals surface area contributed by atoms with Gasteiger partial charge in [-0.1, -0.05) is 105 Å². The molecule has 0 atom stereocenters. The summed E-state index contributed by atoms with van der Waals surface area (Å²) in [4.78, 5) is 0. The number of nitrogens with zero attached hydrogens (tertiary/aromatic N) is 4. The van der Waals surface area contributed by atoms with Crippen LogP contribution in [0.1, 0.15) is 210 Å². The van der Waals surface area contributed by atoms with Crippen LogP contribution in [0.15, 0.2) is 0 Å². The van der Waals surface area contributed by atoms with Gasteiger partial charge in [0.05, 0.1) is 21.7 Å². The number of H-pyrrole nitrogens is 4. The Balaban J connectivity index is 0. The molecule has 4 heterocycles. The predicted octanol–water partition coefficient (Wildman–Crippen LogP) is 9.77. The predicted molar refractivity (Wildman–Crippen MR) is 236 cm³/mol. The van der Waals surface area contributed by atoms with E-state index in [9.17, 15) is 0 Å². The number of hydrogen-bond donors (Lipinski definition) is 0. The van der Waals surface area contributed by atoms with Crippen molar-refractivity contribution in [2.24, 2.45) is 0 Å². The maximum absolute atomic E-state index is 4.37. The van der Waals surface area contributed by atoms with Gasteiger partial charge >= 0.3 is 46.1 Å². The second-order valence-corrected chi connectivity index (χ2v) is 26.4. The van der Waals surface area contributed by atoms with Crippen LogP contribution in [-0.2, 0) is 43.3 Å². The van der Waals surface area contributed by atoms with Gasteiger partial charge in [0.1, 0.15) is 0 Å². The van der Waals surface area contributed by atoms with E-state index in [1.54, 1.807) is 0 Å². The Hall–Kier alpha value is 0.0925. The summed E-state index contributed by atoms with van der Waals surface area (Å²) in [6.45, 7) is 52.9. The molecule has 14 heteroatoms. The van der Waals surface area contributed by atoms with Gasteiger partial charge in [-0.2, -0.15) is 0 Å². The summed E-state index contributed by atoms with van der Waals surface area (Å²) in [5.74, 6) is 0. The monoisotopic (exact) mass is 840 g/mol. The van der Waals surface area contributed by atoms with E-state index in [4.69, 9.17) is 0 Å². The van der Waals surface area contributed by atoms with Crippen molar-refractivity contribution in [1.82, 2.24) is 20.4 Å². The Morgan fingerprint density at radius 1 is 0.259 bits per heavy atom. The van der Waals surface area contributed by atoms with Crippen molar-refractivity contribution in [3.63, 3.8) is 0 Å². The average molecular weight is 842 g/mol. The maximum Gasteiger partial charge on any atom is 2.00 e. The molecule has 4 N–H and O–H groups in total. The molecule has 296 valence electrons. The van der Waals surface area contributed by atoms with Crippen molar-refractivity contribution in [1.29, 1.82) is 0 Å². The van der Waals surface area contributed by atoms with Crippen molar-refractivity contribution < 1.29 is 20.4 Å². The van der Waals surface area contributed by atoms with Crippen LogP contribution in [-0.4, -0.2) is 46.1 Å². The first-order valence-electron chi connectivity index (χ1n) is 18.6. The second-order valence-electron chi connectivity index (χ2n) is 22.0. The number of rotatable bonds is 0. The third-order valence-electron chi connectivity index (χ3n) is 7.47. The van der Waals surface area contributed by atoms with Crippen LogP contribution in [0.2, 0.25) is 0 Å². The topological polar surface area (TPSA) is 113 Å². The first-order chi connectivity index (χ1) is 22.8. The normalized spacial score (nSPS) is 13.5. The first-order valence-corrected chi connectivity index (χ1v) is 22.2. The summed E-state index contributed by atoms with van der Waals surface area (Å²) in [5, 5.41) is 30.1. The quantitative estimate of drug-likeness (QED) is 0.164. The zero-order chi connectivity index (χ0) is 41.1. The van der Waals surface area contributed by atoms with Gasteiger partial charge in [0.15, 0.2) is 21.7 Å². The summed E-state index contributed by atoms with van der Waals surface area (Å²) >= 11 is 0. The van der Waals surface area contributed by atoms with E-state index in [0.29, 0.717) is 0 Å². The summed E-state index contributed by atoms with van der Waals surface area (Å²) in [6, 6.07) is 0. The standard InChI is InChI=1S/4C10H19N2P.2Mg/c4*1-9(2,3)7-11-12-8(13-7)10(4,5)6;;/h4*11H,1-6H3;;/q;;;;2*+2. The Bertz CT molecular complexity index is 1300. The molecular formula is C40H76Mg2N8P4+4. The molecule has 0 bridgehead atoms. The molecule has 0 aliphatic rings. The van der Waals surface area contributed by atoms with E-state index in [1.165, 1.54) is 76.2 Å². The zero-order valence-electron chi connectivity index (χ0n) is 39.0. The summed E-state index contributed by atoms with van der Waals surface area (Å²) < 4.78 is 0. The number of nitrogens with one attached hydrogen (secondary N) is 4. The molecule has 0 unspecified atom stereocenters. The molecule has 0 fully saturated rings. The molecule has 8 nitrogen and oxygen atoms in total. The van der Waals surface area contributed by atoms with Crippen LogP contribution in [0.25, 0.3) is 0 Å². The largest absolute Gasteiger partial charge is 2.00 e. The fraction of sp³-hybridized carbons (Fsp3) is 0.800. The minimum absolute atomic E-state index is 0. The zero-order valence-corrected chi connectivity index (χ0v) is 45.4. The minimum atomic E-state index is 0. The Morgan fingerprint density at radius 2 is 0.389 bits per heavy atom. The van der Waals surface area contributed by atoms with Gasteiger partial charge in [-0.3, -0.25) is 20.4 Å². The van der Waals surface area contributed by atoms with Crippen LogP contribution < -0.4 is 40.8 Å². The fourth-order valence-corrected chi connectivity index (χ4v) is 8.06. The van der Waals surface area contributed by atoms with Crippen LogP contribution in [0.5, 0.6) is 0 Å². The molecule has 4 aromatic rings. The Morgan fingerprint density at radius 3 is 0.444 bits per heavy atom. The summed E-state index contributed by atoms with van der Waals surface area (Å²) in [6.07, 6.45) is 0. The molecule has 0 saturated heterocycles. The van der Waals surface area contributed by atoms with E-state index in [1.807, 2.05) is 0 Å². The summed E-state index contributed by atoms with van der Waals surface area (Å²) in [5.41, 5.74) is 11.7. The van der Waals surface area contributed by atoms with Gasteiger partial charge in [-0.15, -0.1) is 0 Å². The molecule has 0 spiro atoms. The maximum atomic E-state index is 4.37. The van der Waals surface area contributed by atoms with E-state index >= 15 is 0 Å². The van der Waals surface area contributed by atoms with Gasteiger partial charge < -0.3 is 20.4 Å². The molecular weight excluding hydrogens is 765 g/mol. The van der Waals surface area contributed by atoms with Gasteiger partial charge in [-0.25, -0.2) is 0 Å². The molecule has 0 saturated carbocycles. The van der Waals surface area contributed by atoms with Crippen molar-refractivity contribution in [2.75, 3.05) is 0 Å². The first kappa shape index (κ1) is 56.2. The van der Waals surface area contributed by atoms with E-state index in [2.05, 4.69) is 207 Å². The second kappa shape index (κ2) is 20.4. The summed E-state index contributed by atoms with van der Waals surface area (Å²) in [7, 11) is 5.06. The average Bonchev–Trinajstić information content (AvgIpc) is 3.72. The van der Waals surface area contributed by atoms with Crippen LogP contribution in [0.3, 0.4) is 0 Å². The van der Waals surface area contributed by atoms with E-state index < -0.39 is 0 Å². The van der Waals surface area contributed by atoms with Gasteiger partial charge in [0.25, 0.3) is 0 Å². The molecule has 54 heavy (non-hydrogen) atoms. The van der Waals surface area contributed by atoms with Crippen LogP contribution in [0.4, 0.5) is 0 Å². The van der Waals surface area contributed by atoms with Gasteiger partial charge in [0, 0.05) is 0 Å². The molecule has 0 radical (unpaired) electrons. The smallest absolute Gasteiger partial charge is 0.410 e. The number of aromatic amines is 4. The van der Waals surface area contributed by atoms with E-state index in [0.717, 1.165) is 0 Å². The fourth-order valence-electron chi connectivity index (χ4n) is 3.73. The third-order valence-corrected chi connectivity index (χ3v) is 15.4. The van der Waals surface area contributed by atoms with Crippen molar-refractivity contribution in [3.05, 3.63) is 43.4 Å². The van der Waals surface area contributed by atoms with Crippen LogP contribution in [0, 0.1) is 0 Å². The molecule has 0 aromatic carbocycles. The van der Waals surface area contributed by atoms with E-state index in [-0.39, 0.29) is 89.4 Å². The number of aromatic nitrogens is 8. The van der Waals surface area contributed by atoms with Crippen molar-refractivity contribution >= 4 is 78.9 Å². The molecule has 0 amide bonds. The van der Waals surface area contributed by atoms with Crippen molar-refractivity contribution in [3.8, 4) is 0 Å². The molecule has 4 aromatic heterocycles. The number of hydrogen-bond acceptors (Lipinski definition) is 0. The minimum Gasteiger partial charge on any atom is -0.410 e. The Kier molecular flexibility index (Phi) is 21.2.